The lowest BCUT2D eigenvalue weighted by atomic mass is 10.1. The van der Waals surface area contributed by atoms with Crippen molar-refractivity contribution in [2.24, 2.45) is 4.99 Å². The highest BCUT2D eigenvalue weighted by Crippen LogP contribution is 2.24. The van der Waals surface area contributed by atoms with Crippen LogP contribution in [0.4, 0.5) is 5.69 Å². The summed E-state index contributed by atoms with van der Waals surface area (Å²) in [5, 5.41) is 7.04. The zero-order chi connectivity index (χ0) is 22.9. The molecular weight excluding hydrogens is 537 g/mol. The molecule has 7 heteroatoms. The molecule has 2 saturated heterocycles. The van der Waals surface area contributed by atoms with Crippen molar-refractivity contribution in [2.75, 3.05) is 50.8 Å². The van der Waals surface area contributed by atoms with Gasteiger partial charge in [0.05, 0.1) is 25.8 Å². The van der Waals surface area contributed by atoms with Gasteiger partial charge >= 0.3 is 0 Å². The van der Waals surface area contributed by atoms with Crippen LogP contribution < -0.4 is 15.5 Å². The lowest BCUT2D eigenvalue weighted by molar-refractivity contribution is 0.0341. The number of aliphatic imine (C=N–C) groups is 1. The molecule has 1 unspecified atom stereocenters. The maximum Gasteiger partial charge on any atom is 0.192 e. The van der Waals surface area contributed by atoms with Crippen molar-refractivity contribution in [1.29, 1.82) is 0 Å². The normalized spacial score (nSPS) is 17.8. The summed E-state index contributed by atoms with van der Waals surface area (Å²) in [5.74, 6) is 0.859. The van der Waals surface area contributed by atoms with Crippen molar-refractivity contribution in [3.63, 3.8) is 0 Å². The molecule has 1 atom stereocenters. The van der Waals surface area contributed by atoms with E-state index in [0.717, 1.165) is 45.4 Å². The average molecular weight is 578 g/mol. The van der Waals surface area contributed by atoms with Gasteiger partial charge in [-0.05, 0) is 55.5 Å². The first-order valence-corrected chi connectivity index (χ1v) is 12.5. The lowest BCUT2D eigenvalue weighted by Gasteiger charge is -2.27. The first kappa shape index (κ1) is 26.8. The van der Waals surface area contributed by atoms with Gasteiger partial charge in [0.25, 0.3) is 0 Å². The van der Waals surface area contributed by atoms with Gasteiger partial charge in [-0.3, -0.25) is 4.90 Å². The van der Waals surface area contributed by atoms with Crippen LogP contribution >= 0.6 is 24.0 Å². The second-order valence-corrected chi connectivity index (χ2v) is 9.01. The molecule has 2 aromatic rings. The summed E-state index contributed by atoms with van der Waals surface area (Å²) in [6, 6.07) is 17.8. The van der Waals surface area contributed by atoms with Crippen molar-refractivity contribution in [3.8, 4) is 0 Å². The van der Waals surface area contributed by atoms with E-state index in [4.69, 9.17) is 9.73 Å². The Morgan fingerprint density at radius 3 is 2.47 bits per heavy atom. The van der Waals surface area contributed by atoms with Gasteiger partial charge in [-0.2, -0.15) is 0 Å². The Hall–Kier alpha value is -1.84. The molecule has 6 nitrogen and oxygen atoms in total. The van der Waals surface area contributed by atoms with Gasteiger partial charge in [-0.1, -0.05) is 36.4 Å². The molecule has 4 rings (SSSR count). The van der Waals surface area contributed by atoms with Crippen LogP contribution in [0.3, 0.4) is 0 Å². The molecule has 2 heterocycles. The van der Waals surface area contributed by atoms with E-state index in [-0.39, 0.29) is 30.0 Å². The largest absolute Gasteiger partial charge is 0.379 e. The molecule has 2 N–H and O–H groups in total. The molecular formula is C27H40IN5O. The second-order valence-electron chi connectivity index (χ2n) is 9.01. The molecule has 2 fully saturated rings. The number of hydrogen-bond acceptors (Lipinski definition) is 4. The third kappa shape index (κ3) is 7.58. The fourth-order valence-corrected chi connectivity index (χ4v) is 4.60. The highest BCUT2D eigenvalue weighted by Gasteiger charge is 2.15. The van der Waals surface area contributed by atoms with Crippen LogP contribution in [0.1, 0.15) is 49.4 Å². The Morgan fingerprint density at radius 2 is 1.74 bits per heavy atom. The molecule has 186 valence electrons. The van der Waals surface area contributed by atoms with Gasteiger partial charge in [0.2, 0.25) is 0 Å². The highest BCUT2D eigenvalue weighted by molar-refractivity contribution is 14.0. The second kappa shape index (κ2) is 13.9. The first-order valence-electron chi connectivity index (χ1n) is 12.5. The Balaban J connectivity index is 0.00000324. The number of morpholine rings is 1. The number of benzene rings is 2. The topological polar surface area (TPSA) is 52.1 Å². The number of nitrogens with zero attached hydrogens (tertiary/aromatic N) is 3. The van der Waals surface area contributed by atoms with E-state index >= 15 is 0 Å². The standard InChI is InChI=1S/C27H39N5O.HI/c1-3-28-27(30-22(2)23-11-8-12-26(19-23)32-13-6-7-14-32)29-20-24-9-4-5-10-25(24)21-31-15-17-33-18-16-31;/h4-5,8-12,19,22H,3,6-7,13-18,20-21H2,1-2H3,(H2,28,29,30);1H. The summed E-state index contributed by atoms with van der Waals surface area (Å²) in [7, 11) is 0. The zero-order valence-electron chi connectivity index (χ0n) is 20.6. The Labute approximate surface area is 222 Å². The summed E-state index contributed by atoms with van der Waals surface area (Å²) < 4.78 is 5.50. The van der Waals surface area contributed by atoms with Gasteiger partial charge in [0, 0.05) is 45.0 Å². The highest BCUT2D eigenvalue weighted by atomic mass is 127. The third-order valence-corrected chi connectivity index (χ3v) is 6.56. The predicted octanol–water partition coefficient (Wildman–Crippen LogP) is 4.55. The molecule has 2 aromatic carbocycles. The van der Waals surface area contributed by atoms with E-state index in [2.05, 4.69) is 82.8 Å². The smallest absolute Gasteiger partial charge is 0.192 e. The molecule has 2 aliphatic rings. The third-order valence-electron chi connectivity index (χ3n) is 6.56. The Bertz CT molecular complexity index is 909. The van der Waals surface area contributed by atoms with E-state index < -0.39 is 0 Å². The number of hydrogen-bond donors (Lipinski definition) is 2. The Kier molecular flexibility index (Phi) is 10.9. The average Bonchev–Trinajstić information content (AvgIpc) is 3.39. The fourth-order valence-electron chi connectivity index (χ4n) is 4.60. The van der Waals surface area contributed by atoms with Crippen LogP contribution in [0.2, 0.25) is 0 Å². The lowest BCUT2D eigenvalue weighted by Crippen LogP contribution is -2.38. The maximum absolute atomic E-state index is 5.50. The van der Waals surface area contributed by atoms with E-state index in [1.54, 1.807) is 0 Å². The van der Waals surface area contributed by atoms with Crippen molar-refractivity contribution >= 4 is 35.6 Å². The quantitative estimate of drug-likeness (QED) is 0.274. The number of guanidine groups is 1. The minimum absolute atomic E-state index is 0. The fraction of sp³-hybridized carbons (Fsp3) is 0.519. The number of ether oxygens (including phenoxy) is 1. The van der Waals surface area contributed by atoms with Crippen molar-refractivity contribution in [3.05, 3.63) is 65.2 Å². The molecule has 0 aliphatic carbocycles. The van der Waals surface area contributed by atoms with Crippen molar-refractivity contribution in [1.82, 2.24) is 15.5 Å². The van der Waals surface area contributed by atoms with Gasteiger partial charge in [0.1, 0.15) is 0 Å². The summed E-state index contributed by atoms with van der Waals surface area (Å²) in [6.07, 6.45) is 2.59. The van der Waals surface area contributed by atoms with E-state index in [1.165, 1.54) is 48.3 Å². The summed E-state index contributed by atoms with van der Waals surface area (Å²) in [6.45, 7) is 12.8. The molecule has 2 aliphatic heterocycles. The monoisotopic (exact) mass is 577 g/mol. The molecule has 0 amide bonds. The molecule has 34 heavy (non-hydrogen) atoms. The minimum atomic E-state index is 0. The van der Waals surface area contributed by atoms with Gasteiger partial charge in [-0.15, -0.1) is 24.0 Å². The van der Waals surface area contributed by atoms with Crippen molar-refractivity contribution < 1.29 is 4.74 Å². The number of anilines is 1. The minimum Gasteiger partial charge on any atom is -0.379 e. The summed E-state index contributed by atoms with van der Waals surface area (Å²) in [4.78, 5) is 9.89. The summed E-state index contributed by atoms with van der Waals surface area (Å²) >= 11 is 0. The molecule has 0 saturated carbocycles. The first-order chi connectivity index (χ1) is 16.2. The van der Waals surface area contributed by atoms with Crippen molar-refractivity contribution in [2.45, 2.75) is 45.8 Å². The molecule has 0 aromatic heterocycles. The number of halogens is 1. The molecule has 0 radical (unpaired) electrons. The number of nitrogens with one attached hydrogen (secondary N) is 2. The van der Waals surface area contributed by atoms with Crippen LogP contribution in [0.25, 0.3) is 0 Å². The van der Waals surface area contributed by atoms with Crippen LogP contribution in [-0.2, 0) is 17.8 Å². The zero-order valence-corrected chi connectivity index (χ0v) is 23.0. The van der Waals surface area contributed by atoms with E-state index in [1.807, 2.05) is 0 Å². The van der Waals surface area contributed by atoms with Gasteiger partial charge < -0.3 is 20.3 Å². The van der Waals surface area contributed by atoms with E-state index in [0.29, 0.717) is 6.54 Å². The van der Waals surface area contributed by atoms with Crippen LogP contribution in [0.5, 0.6) is 0 Å². The van der Waals surface area contributed by atoms with Gasteiger partial charge in [-0.25, -0.2) is 4.99 Å². The maximum atomic E-state index is 5.50. The summed E-state index contributed by atoms with van der Waals surface area (Å²) in [5.41, 5.74) is 5.26. The van der Waals surface area contributed by atoms with Gasteiger partial charge in [0.15, 0.2) is 5.96 Å². The van der Waals surface area contributed by atoms with Crippen LogP contribution in [0, 0.1) is 0 Å². The molecule has 0 bridgehead atoms. The number of rotatable bonds is 8. The predicted molar refractivity (Wildman–Crippen MR) is 152 cm³/mol. The van der Waals surface area contributed by atoms with E-state index in [9.17, 15) is 0 Å². The SMILES string of the molecule is CCNC(=NCc1ccccc1CN1CCOCC1)NC(C)c1cccc(N2CCCC2)c1.I. The van der Waals surface area contributed by atoms with Crippen LogP contribution in [-0.4, -0.2) is 56.8 Å². The van der Waals surface area contributed by atoms with Crippen LogP contribution in [0.15, 0.2) is 53.5 Å². The Morgan fingerprint density at radius 1 is 1.00 bits per heavy atom. The molecule has 0 spiro atoms.